The smallest absolute Gasteiger partial charge is 0.0897 e. The van der Waals surface area contributed by atoms with Gasteiger partial charge in [-0.3, -0.25) is 0 Å². The second-order valence-corrected chi connectivity index (χ2v) is 5.82. The van der Waals surface area contributed by atoms with Crippen LogP contribution in [0.15, 0.2) is 5.38 Å². The lowest BCUT2D eigenvalue weighted by Crippen LogP contribution is -1.97. The molecular formula is C9H14ClNS2. The van der Waals surface area contributed by atoms with E-state index in [-0.39, 0.29) is 0 Å². The molecule has 1 unspecified atom stereocenters. The lowest BCUT2D eigenvalue weighted by atomic mass is 10.4. The molecule has 1 nitrogen and oxygen atoms in total. The summed E-state index contributed by atoms with van der Waals surface area (Å²) >= 11 is 9.30. The number of aryl methyl sites for hydroxylation is 1. The average molecular weight is 236 g/mol. The number of alkyl halides is 1. The van der Waals surface area contributed by atoms with E-state index in [2.05, 4.69) is 17.3 Å². The topological polar surface area (TPSA) is 12.9 Å². The van der Waals surface area contributed by atoms with Gasteiger partial charge in [-0.1, -0.05) is 6.92 Å². The van der Waals surface area contributed by atoms with Gasteiger partial charge in [-0.2, -0.15) is 11.8 Å². The Hall–Kier alpha value is 0.270. The summed E-state index contributed by atoms with van der Waals surface area (Å²) in [7, 11) is 0. The Morgan fingerprint density at radius 2 is 2.46 bits per heavy atom. The van der Waals surface area contributed by atoms with Gasteiger partial charge in [-0.05, 0) is 13.3 Å². The molecule has 74 valence electrons. The summed E-state index contributed by atoms with van der Waals surface area (Å²) in [5.41, 5.74) is 1.20. The Balaban J connectivity index is 2.26. The highest BCUT2D eigenvalue weighted by Gasteiger charge is 2.04. The van der Waals surface area contributed by atoms with Crippen molar-refractivity contribution in [3.63, 3.8) is 0 Å². The zero-order valence-corrected chi connectivity index (χ0v) is 10.3. The van der Waals surface area contributed by atoms with Crippen LogP contribution in [0.3, 0.4) is 0 Å². The molecule has 0 N–H and O–H groups in total. The number of rotatable bonds is 5. The monoisotopic (exact) mass is 235 g/mol. The van der Waals surface area contributed by atoms with Crippen LogP contribution in [-0.4, -0.2) is 16.1 Å². The average Bonchev–Trinajstić information content (AvgIpc) is 2.49. The van der Waals surface area contributed by atoms with E-state index in [1.165, 1.54) is 5.69 Å². The Morgan fingerprint density at radius 3 is 3.00 bits per heavy atom. The molecule has 0 spiro atoms. The molecule has 1 rings (SSSR count). The molecule has 0 fully saturated rings. The molecule has 1 atom stereocenters. The van der Waals surface area contributed by atoms with Crippen molar-refractivity contribution >= 4 is 34.7 Å². The molecule has 1 aromatic rings. The molecule has 0 saturated carbocycles. The van der Waals surface area contributed by atoms with Gasteiger partial charge in [-0.25, -0.2) is 4.98 Å². The van der Waals surface area contributed by atoms with Crippen LogP contribution in [0.25, 0.3) is 0 Å². The zero-order chi connectivity index (χ0) is 9.68. The molecule has 0 aliphatic carbocycles. The van der Waals surface area contributed by atoms with Crippen LogP contribution in [0.4, 0.5) is 0 Å². The first kappa shape index (κ1) is 11.3. The van der Waals surface area contributed by atoms with Gasteiger partial charge in [0.2, 0.25) is 0 Å². The first-order valence-electron chi connectivity index (χ1n) is 4.31. The van der Waals surface area contributed by atoms with E-state index in [4.69, 9.17) is 11.6 Å². The molecule has 0 aliphatic rings. The minimum Gasteiger partial charge on any atom is -0.246 e. The third kappa shape index (κ3) is 4.34. The van der Waals surface area contributed by atoms with E-state index in [0.717, 1.165) is 23.1 Å². The summed E-state index contributed by atoms with van der Waals surface area (Å²) in [4.78, 5) is 4.41. The minimum absolute atomic E-state index is 0.638. The van der Waals surface area contributed by atoms with E-state index in [9.17, 15) is 0 Å². The third-order valence-electron chi connectivity index (χ3n) is 1.70. The number of aromatic nitrogens is 1. The first-order chi connectivity index (χ1) is 6.22. The van der Waals surface area contributed by atoms with Gasteiger partial charge < -0.3 is 0 Å². The van der Waals surface area contributed by atoms with Crippen molar-refractivity contribution in [3.8, 4) is 0 Å². The molecule has 0 saturated heterocycles. The van der Waals surface area contributed by atoms with Crippen LogP contribution in [0.1, 0.15) is 24.0 Å². The molecule has 0 aromatic carbocycles. The third-order valence-corrected chi connectivity index (χ3v) is 4.01. The molecule has 0 amide bonds. The van der Waals surface area contributed by atoms with Crippen molar-refractivity contribution in [2.24, 2.45) is 0 Å². The number of hydrogen-bond donors (Lipinski definition) is 0. The maximum Gasteiger partial charge on any atom is 0.0897 e. The van der Waals surface area contributed by atoms with Gasteiger partial charge in [-0.15, -0.1) is 22.9 Å². The van der Waals surface area contributed by atoms with E-state index < -0.39 is 0 Å². The van der Waals surface area contributed by atoms with Gasteiger partial charge in [0, 0.05) is 22.3 Å². The van der Waals surface area contributed by atoms with Crippen molar-refractivity contribution in [1.82, 2.24) is 4.98 Å². The fraction of sp³-hybridized carbons (Fsp3) is 0.667. The Kier molecular flexibility index (Phi) is 5.14. The highest BCUT2D eigenvalue weighted by molar-refractivity contribution is 7.99. The second-order valence-electron chi connectivity index (χ2n) is 2.96. The van der Waals surface area contributed by atoms with Gasteiger partial charge in [0.25, 0.3) is 0 Å². The van der Waals surface area contributed by atoms with Crippen LogP contribution >= 0.6 is 34.7 Å². The van der Waals surface area contributed by atoms with Crippen molar-refractivity contribution in [2.75, 3.05) is 5.88 Å². The lowest BCUT2D eigenvalue weighted by Gasteiger charge is -2.06. The van der Waals surface area contributed by atoms with E-state index in [1.807, 2.05) is 18.7 Å². The van der Waals surface area contributed by atoms with E-state index in [1.54, 1.807) is 11.3 Å². The molecule has 1 aromatic heterocycles. The summed E-state index contributed by atoms with van der Waals surface area (Å²) in [5, 5.41) is 3.93. The van der Waals surface area contributed by atoms with Crippen LogP contribution in [-0.2, 0) is 5.75 Å². The van der Waals surface area contributed by atoms with Crippen molar-refractivity contribution in [3.05, 3.63) is 16.1 Å². The molecule has 13 heavy (non-hydrogen) atoms. The highest BCUT2D eigenvalue weighted by Crippen LogP contribution is 2.21. The quantitative estimate of drug-likeness (QED) is 0.722. The van der Waals surface area contributed by atoms with Gasteiger partial charge in [0.05, 0.1) is 10.7 Å². The highest BCUT2D eigenvalue weighted by atomic mass is 35.5. The normalized spacial score (nSPS) is 13.2. The van der Waals surface area contributed by atoms with Crippen molar-refractivity contribution < 1.29 is 0 Å². The molecule has 0 aliphatic heterocycles. The first-order valence-corrected chi connectivity index (χ1v) is 6.77. The Labute approximate surface area is 92.9 Å². The lowest BCUT2D eigenvalue weighted by molar-refractivity contribution is 0.911. The number of hydrogen-bond acceptors (Lipinski definition) is 3. The zero-order valence-electron chi connectivity index (χ0n) is 7.92. The second kappa shape index (κ2) is 5.89. The summed E-state index contributed by atoms with van der Waals surface area (Å²) in [6, 6.07) is 0. The molecule has 1 heterocycles. The fourth-order valence-electron chi connectivity index (χ4n) is 0.939. The molecule has 0 radical (unpaired) electrons. The molecule has 0 bridgehead atoms. The number of thioether (sulfide) groups is 1. The number of thiazole rings is 1. The molecular weight excluding hydrogens is 222 g/mol. The number of nitrogens with zero attached hydrogens (tertiary/aromatic N) is 1. The molecule has 4 heteroatoms. The summed E-state index contributed by atoms with van der Waals surface area (Å²) in [6.45, 7) is 4.26. The van der Waals surface area contributed by atoms with E-state index in [0.29, 0.717) is 5.25 Å². The van der Waals surface area contributed by atoms with Crippen LogP contribution in [0, 0.1) is 6.92 Å². The van der Waals surface area contributed by atoms with Crippen LogP contribution < -0.4 is 0 Å². The minimum atomic E-state index is 0.638. The van der Waals surface area contributed by atoms with Crippen molar-refractivity contribution in [1.29, 1.82) is 0 Å². The van der Waals surface area contributed by atoms with Crippen LogP contribution in [0.2, 0.25) is 0 Å². The van der Waals surface area contributed by atoms with Gasteiger partial charge in [0.1, 0.15) is 0 Å². The summed E-state index contributed by atoms with van der Waals surface area (Å²) < 4.78 is 0. The van der Waals surface area contributed by atoms with Gasteiger partial charge >= 0.3 is 0 Å². The van der Waals surface area contributed by atoms with Crippen LogP contribution in [0.5, 0.6) is 0 Å². The largest absolute Gasteiger partial charge is 0.246 e. The summed E-state index contributed by atoms with van der Waals surface area (Å²) in [6.07, 6.45) is 1.08. The number of halogens is 1. The SMILES string of the molecule is Cc1nc(CSC(C)CCCl)cs1. The maximum atomic E-state index is 5.66. The van der Waals surface area contributed by atoms with Gasteiger partial charge in [0.15, 0.2) is 0 Å². The standard InChI is InChI=1S/C9H14ClNS2/c1-7(3-4-10)12-5-9-6-13-8(2)11-9/h6-7H,3-5H2,1-2H3. The predicted molar refractivity (Wildman–Crippen MR) is 62.9 cm³/mol. The Bertz CT molecular complexity index is 250. The maximum absolute atomic E-state index is 5.66. The summed E-state index contributed by atoms with van der Waals surface area (Å²) in [5.74, 6) is 1.77. The van der Waals surface area contributed by atoms with E-state index >= 15 is 0 Å². The predicted octanol–water partition coefficient (Wildman–Crippen LogP) is 3.70. The van der Waals surface area contributed by atoms with Crippen molar-refractivity contribution in [2.45, 2.75) is 31.3 Å². The Morgan fingerprint density at radius 1 is 1.69 bits per heavy atom. The fourth-order valence-corrected chi connectivity index (χ4v) is 3.00.